The molecule has 1 aromatic heterocycles. The summed E-state index contributed by atoms with van der Waals surface area (Å²) in [6.07, 6.45) is 0. The Labute approximate surface area is 186 Å². The van der Waals surface area contributed by atoms with Crippen LogP contribution < -0.4 is 14.8 Å². The number of ether oxygens (including phenoxy) is 2. The number of methoxy groups -OCH3 is 2. The Morgan fingerprint density at radius 2 is 1.77 bits per heavy atom. The third-order valence-corrected chi connectivity index (χ3v) is 6.14. The molecule has 4 rings (SSSR count). The maximum Gasteiger partial charge on any atom is 0.322 e. The average Bonchev–Trinajstić information content (AvgIpc) is 3.28. The highest BCUT2D eigenvalue weighted by atomic mass is 32.1. The number of aromatic nitrogens is 1. The van der Waals surface area contributed by atoms with Crippen LogP contribution in [-0.2, 0) is 6.54 Å². The van der Waals surface area contributed by atoms with Crippen molar-refractivity contribution in [2.45, 2.75) is 6.54 Å². The summed E-state index contributed by atoms with van der Waals surface area (Å²) >= 11 is 1.67. The summed E-state index contributed by atoms with van der Waals surface area (Å²) in [7, 11) is 3.26. The van der Waals surface area contributed by atoms with Crippen molar-refractivity contribution in [3.8, 4) is 22.8 Å². The normalized spacial score (nSPS) is 14.3. The van der Waals surface area contributed by atoms with Crippen molar-refractivity contribution < 1.29 is 14.3 Å². The van der Waals surface area contributed by atoms with Crippen LogP contribution in [0, 0.1) is 0 Å². The van der Waals surface area contributed by atoms with Crippen molar-refractivity contribution >= 4 is 23.1 Å². The van der Waals surface area contributed by atoms with E-state index in [1.165, 1.54) is 0 Å². The number of carbonyl (C=O) groups is 1. The molecule has 8 heteroatoms. The number of nitrogens with zero attached hydrogens (tertiary/aromatic N) is 3. The lowest BCUT2D eigenvalue weighted by atomic mass is 10.2. The van der Waals surface area contributed by atoms with Crippen molar-refractivity contribution in [1.82, 2.24) is 14.8 Å². The van der Waals surface area contributed by atoms with Gasteiger partial charge in [-0.3, -0.25) is 4.90 Å². The number of benzene rings is 2. The van der Waals surface area contributed by atoms with Crippen LogP contribution in [0.4, 0.5) is 10.5 Å². The van der Waals surface area contributed by atoms with Crippen LogP contribution in [-0.4, -0.2) is 61.2 Å². The van der Waals surface area contributed by atoms with Gasteiger partial charge in [-0.2, -0.15) is 0 Å². The number of hydrogen-bond donors (Lipinski definition) is 1. The first-order valence-corrected chi connectivity index (χ1v) is 11.0. The molecule has 1 aliphatic heterocycles. The predicted octanol–water partition coefficient (Wildman–Crippen LogP) is 4.18. The molecule has 162 valence electrons. The molecule has 1 aliphatic rings. The monoisotopic (exact) mass is 438 g/mol. The Balaban J connectivity index is 1.29. The Hall–Kier alpha value is -3.10. The molecular formula is C23H26N4O3S. The summed E-state index contributed by atoms with van der Waals surface area (Å²) in [6, 6.07) is 15.3. The highest BCUT2D eigenvalue weighted by Crippen LogP contribution is 2.26. The van der Waals surface area contributed by atoms with E-state index in [9.17, 15) is 4.79 Å². The molecule has 0 atom stereocenters. The molecule has 0 unspecified atom stereocenters. The quantitative estimate of drug-likeness (QED) is 0.626. The second-order valence-electron chi connectivity index (χ2n) is 7.25. The van der Waals surface area contributed by atoms with Crippen molar-refractivity contribution in [1.29, 1.82) is 0 Å². The average molecular weight is 439 g/mol. The lowest BCUT2D eigenvalue weighted by molar-refractivity contribution is 0.143. The molecule has 31 heavy (non-hydrogen) atoms. The van der Waals surface area contributed by atoms with Crippen LogP contribution >= 0.6 is 11.3 Å². The molecule has 1 fully saturated rings. The first-order valence-electron chi connectivity index (χ1n) is 10.2. The fourth-order valence-corrected chi connectivity index (χ4v) is 4.37. The molecule has 2 aromatic carbocycles. The van der Waals surface area contributed by atoms with E-state index >= 15 is 0 Å². The van der Waals surface area contributed by atoms with Crippen LogP contribution in [0.15, 0.2) is 53.9 Å². The largest absolute Gasteiger partial charge is 0.497 e. The molecule has 1 saturated heterocycles. The van der Waals surface area contributed by atoms with Crippen molar-refractivity contribution in [3.63, 3.8) is 0 Å². The van der Waals surface area contributed by atoms with Crippen molar-refractivity contribution in [2.75, 3.05) is 45.7 Å². The van der Waals surface area contributed by atoms with E-state index in [1.807, 2.05) is 53.4 Å². The number of carbonyl (C=O) groups excluding carboxylic acids is 1. The third kappa shape index (κ3) is 5.15. The van der Waals surface area contributed by atoms with Gasteiger partial charge in [0.15, 0.2) is 0 Å². The van der Waals surface area contributed by atoms with Gasteiger partial charge in [0.1, 0.15) is 16.5 Å². The first-order chi connectivity index (χ1) is 15.2. The maximum absolute atomic E-state index is 12.6. The van der Waals surface area contributed by atoms with Crippen LogP contribution in [0.1, 0.15) is 5.01 Å². The number of amides is 2. The van der Waals surface area contributed by atoms with Gasteiger partial charge in [0.25, 0.3) is 0 Å². The van der Waals surface area contributed by atoms with Gasteiger partial charge < -0.3 is 19.7 Å². The minimum atomic E-state index is -0.0970. The highest BCUT2D eigenvalue weighted by Gasteiger charge is 2.22. The lowest BCUT2D eigenvalue weighted by Crippen LogP contribution is -2.49. The molecule has 2 heterocycles. The number of anilines is 1. The Morgan fingerprint density at radius 3 is 2.48 bits per heavy atom. The smallest absolute Gasteiger partial charge is 0.322 e. The van der Waals surface area contributed by atoms with E-state index in [2.05, 4.69) is 15.6 Å². The second-order valence-corrected chi connectivity index (χ2v) is 8.19. The van der Waals surface area contributed by atoms with E-state index in [1.54, 1.807) is 25.6 Å². The van der Waals surface area contributed by atoms with Crippen LogP contribution in [0.5, 0.6) is 11.5 Å². The molecule has 0 spiro atoms. The van der Waals surface area contributed by atoms with Gasteiger partial charge in [-0.05, 0) is 36.4 Å². The number of hydrogen-bond acceptors (Lipinski definition) is 6. The molecule has 2 amide bonds. The molecule has 7 nitrogen and oxygen atoms in total. The molecule has 0 saturated carbocycles. The number of piperazine rings is 1. The van der Waals surface area contributed by atoms with Crippen LogP contribution in [0.25, 0.3) is 11.3 Å². The van der Waals surface area contributed by atoms with Gasteiger partial charge in [0.05, 0.1) is 32.1 Å². The summed E-state index contributed by atoms with van der Waals surface area (Å²) in [5.74, 6) is 1.50. The third-order valence-electron chi connectivity index (χ3n) is 5.30. The van der Waals surface area contributed by atoms with Gasteiger partial charge >= 0.3 is 6.03 Å². The summed E-state index contributed by atoms with van der Waals surface area (Å²) in [4.78, 5) is 21.6. The van der Waals surface area contributed by atoms with E-state index in [0.717, 1.165) is 41.6 Å². The Bertz CT molecular complexity index is 1010. The van der Waals surface area contributed by atoms with Gasteiger partial charge in [-0.25, -0.2) is 9.78 Å². The fraction of sp³-hybridized carbons (Fsp3) is 0.304. The fourth-order valence-electron chi connectivity index (χ4n) is 3.52. The van der Waals surface area contributed by atoms with Crippen LogP contribution in [0.2, 0.25) is 0 Å². The lowest BCUT2D eigenvalue weighted by Gasteiger charge is -2.34. The van der Waals surface area contributed by atoms with Gasteiger partial charge in [-0.15, -0.1) is 11.3 Å². The van der Waals surface area contributed by atoms with Crippen molar-refractivity contribution in [3.05, 3.63) is 58.9 Å². The predicted molar refractivity (Wildman–Crippen MR) is 123 cm³/mol. The van der Waals surface area contributed by atoms with E-state index < -0.39 is 0 Å². The molecule has 0 aliphatic carbocycles. The van der Waals surface area contributed by atoms with E-state index in [4.69, 9.17) is 14.5 Å². The zero-order valence-electron chi connectivity index (χ0n) is 17.7. The molecule has 3 aromatic rings. The van der Waals surface area contributed by atoms with Gasteiger partial charge in [0.2, 0.25) is 0 Å². The highest BCUT2D eigenvalue weighted by molar-refractivity contribution is 7.09. The zero-order chi connectivity index (χ0) is 21.6. The number of rotatable bonds is 6. The number of nitrogens with one attached hydrogen (secondary N) is 1. The SMILES string of the molecule is COc1ccc(-c2csc(CN3CCN(C(=O)Nc4ccccc4OC)CC3)n2)cc1. The summed E-state index contributed by atoms with van der Waals surface area (Å²) < 4.78 is 10.5. The number of para-hydroxylation sites is 2. The van der Waals surface area contributed by atoms with E-state index in [-0.39, 0.29) is 6.03 Å². The Morgan fingerprint density at radius 1 is 1.03 bits per heavy atom. The first kappa shape index (κ1) is 21.1. The van der Waals surface area contributed by atoms with Gasteiger partial charge in [-0.1, -0.05) is 12.1 Å². The van der Waals surface area contributed by atoms with Crippen molar-refractivity contribution in [2.24, 2.45) is 0 Å². The second kappa shape index (κ2) is 9.80. The molecule has 0 bridgehead atoms. The topological polar surface area (TPSA) is 66.9 Å². The van der Waals surface area contributed by atoms with Crippen LogP contribution in [0.3, 0.4) is 0 Å². The molecule has 1 N–H and O–H groups in total. The minimum Gasteiger partial charge on any atom is -0.497 e. The Kier molecular flexibility index (Phi) is 6.69. The summed E-state index contributed by atoms with van der Waals surface area (Å²) in [5.41, 5.74) is 2.75. The zero-order valence-corrected chi connectivity index (χ0v) is 18.5. The number of thiazole rings is 1. The van der Waals surface area contributed by atoms with E-state index in [0.29, 0.717) is 24.5 Å². The number of urea groups is 1. The maximum atomic E-state index is 12.6. The molecule has 0 radical (unpaired) electrons. The van der Waals surface area contributed by atoms with Gasteiger partial charge in [0, 0.05) is 37.1 Å². The summed E-state index contributed by atoms with van der Waals surface area (Å²) in [5, 5.41) is 6.12. The standard InChI is InChI=1S/C23H26N4O3S/c1-29-18-9-7-17(8-10-18)20-16-31-22(24-20)15-26-11-13-27(14-12-26)23(28)25-19-5-3-4-6-21(19)30-2/h3-10,16H,11-15H2,1-2H3,(H,25,28). The summed E-state index contributed by atoms with van der Waals surface area (Å²) in [6.45, 7) is 3.78. The molecular weight excluding hydrogens is 412 g/mol. The minimum absolute atomic E-state index is 0.0970.